The van der Waals surface area contributed by atoms with Gasteiger partial charge in [0.2, 0.25) is 11.6 Å². The molecular formula is C52H54N2O21. The van der Waals surface area contributed by atoms with E-state index in [9.17, 15) is 74.7 Å². The number of carboxylic acids is 1. The van der Waals surface area contributed by atoms with Crippen LogP contribution in [0, 0.1) is 0 Å². The Morgan fingerprint density at radius 1 is 0.613 bits per heavy atom. The van der Waals surface area contributed by atoms with Crippen molar-refractivity contribution in [3.63, 3.8) is 0 Å². The van der Waals surface area contributed by atoms with Crippen LogP contribution in [0.2, 0.25) is 0 Å². The third-order valence-electron chi connectivity index (χ3n) is 15.1. The number of aliphatic carboxylic acids is 1. The summed E-state index contributed by atoms with van der Waals surface area (Å²) in [5, 5.41) is 97.1. The Kier molecular flexibility index (Phi) is 13.7. The standard InChI is InChI=1S/C26H27NO11.C26H27NO10/c1-9-20(28)13(27)7-16(37-9)38-15-6-11-12(8-26(15,35)25(33)34)23(31)18-19(22(11)30)24(32)17-10(21(18)29)4-3-5-14(17)36-2;1-10-21(29)14(27)7-17(36-10)37-16-6-12-13(8-26(16,34)9-28)24(32)19-20(23(12)31)25(33)18-11(22(19)30)4-3-5-15(18)35-2/h3-5,9,13,15-16,20,28,30-31,35H,6-8,27H2,1-2H3,(H,33,34);3-5,9-10,14,16-17,21,29,31-32,34H,6-8,27H2,1-2H3/t9?,13?,15-,16?,20-,26+;10?,14?,16-,17?,21-,26-/m11/s1. The van der Waals surface area contributed by atoms with Crippen molar-refractivity contribution in [1.82, 2.24) is 0 Å². The Balaban J connectivity index is 0.000000184. The van der Waals surface area contributed by atoms with Crippen molar-refractivity contribution in [1.29, 1.82) is 0 Å². The molecule has 0 spiro atoms. The second kappa shape index (κ2) is 19.3. The van der Waals surface area contributed by atoms with Gasteiger partial charge in [-0.25, -0.2) is 4.79 Å². The van der Waals surface area contributed by atoms with Gasteiger partial charge in [-0.2, -0.15) is 0 Å². The van der Waals surface area contributed by atoms with E-state index >= 15 is 0 Å². The van der Waals surface area contributed by atoms with E-state index in [1.54, 1.807) is 13.8 Å². The van der Waals surface area contributed by atoms with Crippen LogP contribution in [0.5, 0.6) is 34.5 Å². The third kappa shape index (κ3) is 8.39. The highest BCUT2D eigenvalue weighted by Gasteiger charge is 2.54. The SMILES string of the molecule is COc1cccc2c1C(=O)c1c(O)c3c(c(O)c1C2=O)C[C@@](O)(C(=O)O)[C@H](OC1CC(N)[C@H](O)C(C)O1)C3.COc1cccc2c1C(=O)c1c(O)c3c(c(O)c1C2=O)C[C@@](O)(C=O)[C@H](OC1CC(N)[C@H](O)C(C)O1)C3. The monoisotopic (exact) mass is 1040 g/mol. The molecule has 2 aliphatic heterocycles. The molecule has 12 atom stereocenters. The van der Waals surface area contributed by atoms with E-state index < -0.39 is 161 Å². The van der Waals surface area contributed by atoms with Crippen molar-refractivity contribution in [3.05, 3.63) is 103 Å². The van der Waals surface area contributed by atoms with Gasteiger partial charge in [0.25, 0.3) is 0 Å². The summed E-state index contributed by atoms with van der Waals surface area (Å²) in [7, 11) is 2.66. The Hall–Kier alpha value is -6.90. The Morgan fingerprint density at radius 2 is 1.00 bits per heavy atom. The predicted octanol–water partition coefficient (Wildman–Crippen LogP) is 0.123. The molecule has 6 aliphatic rings. The van der Waals surface area contributed by atoms with Gasteiger partial charge in [0.1, 0.15) is 46.7 Å². The minimum Gasteiger partial charge on any atom is -0.507 e. The summed E-state index contributed by atoms with van der Waals surface area (Å²) in [4.78, 5) is 78.0. The van der Waals surface area contributed by atoms with Crippen molar-refractivity contribution in [2.24, 2.45) is 11.5 Å². The number of fused-ring (bicyclic) bond motifs is 6. The van der Waals surface area contributed by atoms with Crippen LogP contribution in [-0.2, 0) is 54.2 Å². The lowest BCUT2D eigenvalue weighted by molar-refractivity contribution is -0.264. The Labute approximate surface area is 425 Å². The second-order valence-electron chi connectivity index (χ2n) is 19.6. The highest BCUT2D eigenvalue weighted by atomic mass is 16.7. The maximum atomic E-state index is 13.5. The number of hydrogen-bond donors (Lipinski definition) is 11. The number of aromatic hydroxyl groups is 4. The van der Waals surface area contributed by atoms with Crippen molar-refractivity contribution < 1.29 is 103 Å². The van der Waals surface area contributed by atoms with Crippen LogP contribution in [0.15, 0.2) is 36.4 Å². The highest BCUT2D eigenvalue weighted by Crippen LogP contribution is 2.51. The van der Waals surface area contributed by atoms with Gasteiger partial charge >= 0.3 is 5.97 Å². The second-order valence-corrected chi connectivity index (χ2v) is 19.6. The number of phenols is 4. The Morgan fingerprint density at radius 3 is 1.40 bits per heavy atom. The zero-order valence-corrected chi connectivity index (χ0v) is 40.6. The van der Waals surface area contributed by atoms with E-state index in [4.69, 9.17) is 39.9 Å². The summed E-state index contributed by atoms with van der Waals surface area (Å²) in [6, 6.07) is 7.39. The molecule has 23 heteroatoms. The average Bonchev–Trinajstić information content (AvgIpc) is 3.41. The van der Waals surface area contributed by atoms with Gasteiger partial charge in [0.15, 0.2) is 41.6 Å². The molecule has 0 bridgehead atoms. The van der Waals surface area contributed by atoms with Crippen LogP contribution in [0.3, 0.4) is 0 Å². The topological polar surface area (TPSA) is 392 Å². The number of aliphatic hydroxyl groups excluding tert-OH is 2. The van der Waals surface area contributed by atoms with Gasteiger partial charge in [-0.15, -0.1) is 0 Å². The molecule has 75 heavy (non-hydrogen) atoms. The summed E-state index contributed by atoms with van der Waals surface area (Å²) in [5.74, 6) is -6.86. The lowest BCUT2D eigenvalue weighted by atomic mass is 9.73. The van der Waals surface area contributed by atoms with Gasteiger partial charge in [0, 0.05) is 84.0 Å². The average molecular weight is 1040 g/mol. The van der Waals surface area contributed by atoms with Crippen LogP contribution in [0.25, 0.3) is 0 Å². The molecule has 2 fully saturated rings. The summed E-state index contributed by atoms with van der Waals surface area (Å²) < 4.78 is 33.4. The summed E-state index contributed by atoms with van der Waals surface area (Å²) in [6.45, 7) is 3.16. The van der Waals surface area contributed by atoms with Crippen LogP contribution in [0.1, 0.15) is 113 Å². The predicted molar refractivity (Wildman–Crippen MR) is 253 cm³/mol. The van der Waals surface area contributed by atoms with E-state index in [0.29, 0.717) is 0 Å². The van der Waals surface area contributed by atoms with Gasteiger partial charge in [-0.3, -0.25) is 19.2 Å². The Bertz CT molecular complexity index is 3080. The molecule has 4 aromatic carbocycles. The zero-order chi connectivity index (χ0) is 54.5. The first kappa shape index (κ1) is 52.9. The molecule has 2 heterocycles. The van der Waals surface area contributed by atoms with E-state index in [1.807, 2.05) is 0 Å². The number of rotatable bonds is 8. The molecular weight excluding hydrogens is 989 g/mol. The number of nitrogens with two attached hydrogens (primary N) is 2. The molecule has 10 rings (SSSR count). The van der Waals surface area contributed by atoms with Gasteiger partial charge in [0.05, 0.1) is 72.0 Å². The van der Waals surface area contributed by atoms with Crippen LogP contribution in [0.4, 0.5) is 0 Å². The van der Waals surface area contributed by atoms with Crippen molar-refractivity contribution in [2.45, 2.75) is 125 Å². The number of carboxylic acid groups (broad SMARTS) is 1. The number of aldehydes is 1. The number of hydrogen-bond acceptors (Lipinski definition) is 22. The summed E-state index contributed by atoms with van der Waals surface area (Å²) in [5.41, 5.74) is 5.03. The number of aliphatic hydroxyl groups is 4. The number of ketones is 4. The van der Waals surface area contributed by atoms with E-state index in [2.05, 4.69) is 0 Å². The molecule has 6 unspecified atom stereocenters. The first-order valence-electron chi connectivity index (χ1n) is 23.8. The fraction of sp³-hybridized carbons (Fsp3) is 0.423. The fourth-order valence-electron chi connectivity index (χ4n) is 11.0. The van der Waals surface area contributed by atoms with Gasteiger partial charge < -0.3 is 90.6 Å². The number of benzene rings is 4. The van der Waals surface area contributed by atoms with E-state index in [1.165, 1.54) is 50.6 Å². The molecule has 4 aliphatic carbocycles. The maximum absolute atomic E-state index is 13.5. The molecule has 398 valence electrons. The van der Waals surface area contributed by atoms with E-state index in [-0.39, 0.29) is 87.1 Å². The summed E-state index contributed by atoms with van der Waals surface area (Å²) in [6.07, 6.45) is -9.75. The van der Waals surface area contributed by atoms with Crippen molar-refractivity contribution >= 4 is 35.4 Å². The van der Waals surface area contributed by atoms with Crippen molar-refractivity contribution in [2.75, 3.05) is 14.2 Å². The molecule has 4 aromatic rings. The number of carbonyl (C=O) groups excluding carboxylic acids is 5. The van der Waals surface area contributed by atoms with Gasteiger partial charge in [-0.1, -0.05) is 24.3 Å². The van der Waals surface area contributed by atoms with Crippen LogP contribution >= 0.6 is 0 Å². The first-order chi connectivity index (χ1) is 35.4. The number of ether oxygens (including phenoxy) is 6. The number of carbonyl (C=O) groups is 6. The molecule has 0 saturated carbocycles. The zero-order valence-electron chi connectivity index (χ0n) is 40.6. The van der Waals surface area contributed by atoms with Crippen LogP contribution in [-0.4, -0.2) is 168 Å². The first-order valence-corrected chi connectivity index (χ1v) is 23.8. The minimum atomic E-state index is -2.60. The fourth-order valence-corrected chi connectivity index (χ4v) is 11.0. The number of phenolic OH excluding ortho intramolecular Hbond substituents is 4. The minimum absolute atomic E-state index is 0.00346. The molecule has 0 amide bonds. The largest absolute Gasteiger partial charge is 0.507 e. The molecule has 0 aromatic heterocycles. The smallest absolute Gasteiger partial charge is 0.338 e. The maximum Gasteiger partial charge on any atom is 0.338 e. The number of methoxy groups -OCH3 is 2. The third-order valence-corrected chi connectivity index (χ3v) is 15.1. The molecule has 0 radical (unpaired) electrons. The lowest BCUT2D eigenvalue weighted by Crippen LogP contribution is -2.59. The van der Waals surface area contributed by atoms with E-state index in [0.717, 1.165) is 0 Å². The van der Waals surface area contributed by atoms with Crippen LogP contribution < -0.4 is 20.9 Å². The molecule has 13 N–H and O–H groups in total. The summed E-state index contributed by atoms with van der Waals surface area (Å²) >= 11 is 0. The van der Waals surface area contributed by atoms with Crippen molar-refractivity contribution in [3.8, 4) is 34.5 Å². The molecule has 23 nitrogen and oxygen atoms in total. The molecule has 2 saturated heterocycles. The highest BCUT2D eigenvalue weighted by molar-refractivity contribution is 6.32. The normalized spacial score (nSPS) is 30.5. The quantitative estimate of drug-likeness (QED) is 0.0712. The lowest BCUT2D eigenvalue weighted by Gasteiger charge is -2.42. The van der Waals surface area contributed by atoms with Gasteiger partial charge in [-0.05, 0) is 26.0 Å².